The van der Waals surface area contributed by atoms with Crippen LogP contribution in [0.15, 0.2) is 0 Å². The fourth-order valence-electron chi connectivity index (χ4n) is 1.70. The van der Waals surface area contributed by atoms with Gasteiger partial charge in [0.2, 0.25) is 0 Å². The lowest BCUT2D eigenvalue weighted by molar-refractivity contribution is -0.143. The fourth-order valence-corrected chi connectivity index (χ4v) is 2.37. The number of nitrogens with zero attached hydrogens (tertiary/aromatic N) is 2. The van der Waals surface area contributed by atoms with E-state index in [2.05, 4.69) is 32.9 Å². The van der Waals surface area contributed by atoms with Crippen LogP contribution in [-0.2, 0) is 4.79 Å². The first-order valence-corrected chi connectivity index (χ1v) is 5.92. The number of hydrogen-bond donors (Lipinski definition) is 1. The molecule has 2 atom stereocenters. The summed E-state index contributed by atoms with van der Waals surface area (Å²) in [7, 11) is 0. The number of piperazine rings is 1. The van der Waals surface area contributed by atoms with Gasteiger partial charge in [-0.2, -0.15) is 0 Å². The molecule has 0 spiro atoms. The lowest BCUT2D eigenvalue weighted by atomic mass is 10.1. The van der Waals surface area contributed by atoms with Gasteiger partial charge in [-0.3, -0.25) is 4.79 Å². The van der Waals surface area contributed by atoms with Gasteiger partial charge in [0.15, 0.2) is 0 Å². The van der Waals surface area contributed by atoms with Gasteiger partial charge in [0.25, 0.3) is 5.91 Å². The highest BCUT2D eigenvalue weighted by molar-refractivity contribution is 14.1. The molecule has 0 aromatic heterocycles. The average Bonchev–Trinajstić information content (AvgIpc) is 2.16. The van der Waals surface area contributed by atoms with Crippen LogP contribution in [0.1, 0.15) is 20.3 Å². The van der Waals surface area contributed by atoms with Gasteiger partial charge in [-0.05, 0) is 13.3 Å². The Morgan fingerprint density at radius 3 is 2.79 bits per heavy atom. The van der Waals surface area contributed by atoms with Crippen molar-refractivity contribution in [1.29, 1.82) is 0 Å². The van der Waals surface area contributed by atoms with E-state index in [1.807, 2.05) is 0 Å². The van der Waals surface area contributed by atoms with Crippen LogP contribution >= 0.6 is 22.9 Å². The summed E-state index contributed by atoms with van der Waals surface area (Å²) in [6.45, 7) is 6.12. The Morgan fingerprint density at radius 1 is 1.64 bits per heavy atom. The van der Waals surface area contributed by atoms with Gasteiger partial charge in [-0.25, -0.2) is 3.11 Å². The highest BCUT2D eigenvalue weighted by Gasteiger charge is 2.29. The van der Waals surface area contributed by atoms with Gasteiger partial charge in [0, 0.05) is 48.5 Å². The van der Waals surface area contributed by atoms with Crippen molar-refractivity contribution in [3.63, 3.8) is 0 Å². The maximum absolute atomic E-state index is 11.6. The van der Waals surface area contributed by atoms with E-state index in [1.165, 1.54) is 6.92 Å². The van der Waals surface area contributed by atoms with Gasteiger partial charge >= 0.3 is 0 Å². The predicted molar refractivity (Wildman–Crippen MR) is 63.1 cm³/mol. The minimum Gasteiger partial charge on any atom is -0.384 e. The minimum atomic E-state index is -0.871. The summed E-state index contributed by atoms with van der Waals surface area (Å²) in [5.41, 5.74) is 0. The van der Waals surface area contributed by atoms with Gasteiger partial charge in [-0.15, -0.1) is 0 Å². The second-order valence-electron chi connectivity index (χ2n) is 3.64. The molecular formula is C9H17IN2O2. The average molecular weight is 312 g/mol. The molecule has 4 nitrogen and oxygen atoms in total. The molecule has 0 aromatic carbocycles. The molecule has 1 fully saturated rings. The quantitative estimate of drug-likeness (QED) is 0.601. The first-order valence-electron chi connectivity index (χ1n) is 4.95. The maximum Gasteiger partial charge on any atom is 0.251 e. The van der Waals surface area contributed by atoms with E-state index in [4.69, 9.17) is 0 Å². The Balaban J connectivity index is 2.63. The molecule has 0 saturated carbocycles. The second kappa shape index (κ2) is 5.27. The van der Waals surface area contributed by atoms with E-state index in [9.17, 15) is 9.90 Å². The second-order valence-corrected chi connectivity index (χ2v) is 5.00. The summed E-state index contributed by atoms with van der Waals surface area (Å²) in [4.78, 5) is 13.4. The molecular weight excluding hydrogens is 295 g/mol. The van der Waals surface area contributed by atoms with Gasteiger partial charge in [0.05, 0.1) is 0 Å². The van der Waals surface area contributed by atoms with Gasteiger partial charge < -0.3 is 10.0 Å². The van der Waals surface area contributed by atoms with Crippen molar-refractivity contribution in [2.45, 2.75) is 32.4 Å². The molecule has 82 valence electrons. The zero-order valence-corrected chi connectivity index (χ0v) is 10.8. The van der Waals surface area contributed by atoms with Crippen molar-refractivity contribution in [2.24, 2.45) is 0 Å². The number of amides is 1. The monoisotopic (exact) mass is 312 g/mol. The topological polar surface area (TPSA) is 43.8 Å². The summed E-state index contributed by atoms with van der Waals surface area (Å²) < 4.78 is 2.19. The third-order valence-corrected chi connectivity index (χ3v) is 3.42. The SMILES string of the molecule is CC[C@@H]1CN(I)CCN1C(=O)[C@@H](C)O. The molecule has 1 saturated heterocycles. The van der Waals surface area contributed by atoms with E-state index in [1.54, 1.807) is 4.90 Å². The number of carbonyl (C=O) groups is 1. The molecule has 14 heavy (non-hydrogen) atoms. The largest absolute Gasteiger partial charge is 0.384 e. The number of halogens is 1. The summed E-state index contributed by atoms with van der Waals surface area (Å²) in [6.07, 6.45) is 0.0719. The summed E-state index contributed by atoms with van der Waals surface area (Å²) in [5, 5.41) is 9.25. The van der Waals surface area contributed by atoms with E-state index >= 15 is 0 Å². The summed E-state index contributed by atoms with van der Waals surface area (Å²) >= 11 is 2.28. The molecule has 0 aliphatic carbocycles. The van der Waals surface area contributed by atoms with Crippen LogP contribution < -0.4 is 0 Å². The van der Waals surface area contributed by atoms with E-state index in [-0.39, 0.29) is 11.9 Å². The predicted octanol–water partition coefficient (Wildman–Crippen LogP) is 0.640. The number of hydrogen-bond acceptors (Lipinski definition) is 3. The smallest absolute Gasteiger partial charge is 0.251 e. The van der Waals surface area contributed by atoms with Crippen molar-refractivity contribution in [2.75, 3.05) is 19.6 Å². The molecule has 0 unspecified atom stereocenters. The molecule has 1 aliphatic rings. The van der Waals surface area contributed by atoms with Crippen LogP contribution in [0.3, 0.4) is 0 Å². The molecule has 1 heterocycles. The number of aliphatic hydroxyl groups is 1. The third-order valence-electron chi connectivity index (χ3n) is 2.54. The summed E-state index contributed by atoms with van der Waals surface area (Å²) in [5.74, 6) is -0.138. The third kappa shape index (κ3) is 2.80. The number of aliphatic hydroxyl groups excluding tert-OH is 1. The number of carbonyl (C=O) groups excluding carboxylic acids is 1. The van der Waals surface area contributed by atoms with Crippen molar-refractivity contribution in [3.05, 3.63) is 0 Å². The highest BCUT2D eigenvalue weighted by atomic mass is 127. The highest BCUT2D eigenvalue weighted by Crippen LogP contribution is 2.16. The first kappa shape index (κ1) is 12.2. The van der Waals surface area contributed by atoms with E-state index < -0.39 is 6.10 Å². The molecule has 1 aliphatic heterocycles. The first-order chi connectivity index (χ1) is 6.56. The van der Waals surface area contributed by atoms with Crippen molar-refractivity contribution in [3.8, 4) is 0 Å². The van der Waals surface area contributed by atoms with Crippen LogP contribution in [0.2, 0.25) is 0 Å². The van der Waals surface area contributed by atoms with E-state index in [0.717, 1.165) is 26.1 Å². The maximum atomic E-state index is 11.6. The van der Waals surface area contributed by atoms with Crippen molar-refractivity contribution in [1.82, 2.24) is 8.01 Å². The molecule has 0 aromatic rings. The molecule has 1 N–H and O–H groups in total. The van der Waals surface area contributed by atoms with Crippen LogP contribution in [0.5, 0.6) is 0 Å². The summed E-state index contributed by atoms with van der Waals surface area (Å²) in [6, 6.07) is 0.253. The van der Waals surface area contributed by atoms with Gasteiger partial charge in [-0.1, -0.05) is 6.92 Å². The lowest BCUT2D eigenvalue weighted by Crippen LogP contribution is -2.54. The molecule has 0 radical (unpaired) electrons. The van der Waals surface area contributed by atoms with Gasteiger partial charge in [0.1, 0.15) is 6.10 Å². The Kier molecular flexibility index (Phi) is 4.59. The Bertz CT molecular complexity index is 211. The Hall–Kier alpha value is 0.120. The van der Waals surface area contributed by atoms with E-state index in [0.29, 0.717) is 0 Å². The van der Waals surface area contributed by atoms with Crippen molar-refractivity contribution < 1.29 is 9.90 Å². The van der Waals surface area contributed by atoms with Crippen molar-refractivity contribution >= 4 is 28.8 Å². The Morgan fingerprint density at radius 2 is 2.29 bits per heavy atom. The van der Waals surface area contributed by atoms with Crippen LogP contribution in [-0.4, -0.2) is 50.8 Å². The minimum absolute atomic E-state index is 0.138. The standard InChI is InChI=1S/C9H17IN2O2/c1-3-8-6-11(10)4-5-12(8)9(14)7(2)13/h7-8,13H,3-6H2,1-2H3/t7-,8-/m1/s1. The molecule has 1 amide bonds. The fraction of sp³-hybridized carbons (Fsp3) is 0.889. The van der Waals surface area contributed by atoms with Crippen LogP contribution in [0.4, 0.5) is 0 Å². The zero-order valence-electron chi connectivity index (χ0n) is 8.61. The lowest BCUT2D eigenvalue weighted by Gasteiger charge is -2.39. The molecule has 1 rings (SSSR count). The zero-order chi connectivity index (χ0) is 10.7. The number of rotatable bonds is 2. The Labute approximate surface area is 98.7 Å². The van der Waals surface area contributed by atoms with Crippen LogP contribution in [0, 0.1) is 0 Å². The molecule has 0 bridgehead atoms. The molecule has 5 heteroatoms. The normalized spacial score (nSPS) is 26.3. The van der Waals surface area contributed by atoms with Crippen LogP contribution in [0.25, 0.3) is 0 Å².